The maximum absolute atomic E-state index is 5.71. The largest absolute Gasteiger partial charge is 0.399 e. The number of aryl methyl sites for hydroxylation is 1. The van der Waals surface area contributed by atoms with Crippen LogP contribution < -0.4 is 10.6 Å². The van der Waals surface area contributed by atoms with Crippen molar-refractivity contribution < 1.29 is 0 Å². The Kier molecular flexibility index (Phi) is 2.91. The third-order valence-electron chi connectivity index (χ3n) is 3.08. The Hall–Kier alpha value is -1.62. The number of hydrogen-bond acceptors (Lipinski definition) is 5. The predicted molar refractivity (Wildman–Crippen MR) is 74.7 cm³/mol. The summed E-state index contributed by atoms with van der Waals surface area (Å²) in [6.07, 6.45) is 2.52. The SMILES string of the molecule is Cc1nsc(N(Cc2ccc(N)cc2)C2CC2)n1. The van der Waals surface area contributed by atoms with Gasteiger partial charge in [-0.15, -0.1) is 0 Å². The first-order valence-electron chi connectivity index (χ1n) is 6.14. The van der Waals surface area contributed by atoms with Crippen LogP contribution in [0.25, 0.3) is 0 Å². The maximum atomic E-state index is 5.71. The van der Waals surface area contributed by atoms with Crippen LogP contribution in [0.3, 0.4) is 0 Å². The first-order chi connectivity index (χ1) is 8.72. The number of anilines is 2. The van der Waals surface area contributed by atoms with Gasteiger partial charge >= 0.3 is 0 Å². The Balaban J connectivity index is 1.80. The Bertz CT molecular complexity index is 530. The smallest absolute Gasteiger partial charge is 0.205 e. The minimum Gasteiger partial charge on any atom is -0.399 e. The molecule has 1 aromatic carbocycles. The highest BCUT2D eigenvalue weighted by Crippen LogP contribution is 2.33. The van der Waals surface area contributed by atoms with Crippen molar-refractivity contribution in [2.75, 3.05) is 10.6 Å². The second-order valence-electron chi connectivity index (χ2n) is 4.72. The van der Waals surface area contributed by atoms with Crippen LogP contribution in [-0.4, -0.2) is 15.4 Å². The van der Waals surface area contributed by atoms with Crippen LogP contribution in [0.2, 0.25) is 0 Å². The van der Waals surface area contributed by atoms with E-state index in [2.05, 4.69) is 26.4 Å². The van der Waals surface area contributed by atoms with Gasteiger partial charge in [0.25, 0.3) is 0 Å². The molecule has 0 atom stereocenters. The quantitative estimate of drug-likeness (QED) is 0.859. The lowest BCUT2D eigenvalue weighted by Gasteiger charge is -2.21. The van der Waals surface area contributed by atoms with Crippen molar-refractivity contribution >= 4 is 22.4 Å². The number of hydrogen-bond donors (Lipinski definition) is 1. The summed E-state index contributed by atoms with van der Waals surface area (Å²) in [6, 6.07) is 8.70. The van der Waals surface area contributed by atoms with E-state index in [0.29, 0.717) is 6.04 Å². The summed E-state index contributed by atoms with van der Waals surface area (Å²) in [6.45, 7) is 2.83. The Labute approximate surface area is 111 Å². The molecule has 2 aromatic rings. The van der Waals surface area contributed by atoms with Gasteiger partial charge in [0.2, 0.25) is 5.13 Å². The van der Waals surface area contributed by atoms with E-state index in [-0.39, 0.29) is 0 Å². The molecular formula is C13H16N4S. The molecule has 1 saturated carbocycles. The predicted octanol–water partition coefficient (Wildman–Crippen LogP) is 2.60. The first-order valence-corrected chi connectivity index (χ1v) is 6.91. The van der Waals surface area contributed by atoms with Gasteiger partial charge in [0, 0.05) is 29.8 Å². The number of nitrogens with two attached hydrogens (primary N) is 1. The second kappa shape index (κ2) is 4.57. The highest BCUT2D eigenvalue weighted by Gasteiger charge is 2.31. The second-order valence-corrected chi connectivity index (χ2v) is 5.46. The molecule has 1 heterocycles. The van der Waals surface area contributed by atoms with Gasteiger partial charge in [-0.25, -0.2) is 4.98 Å². The molecule has 0 unspecified atom stereocenters. The molecule has 18 heavy (non-hydrogen) atoms. The monoisotopic (exact) mass is 260 g/mol. The standard InChI is InChI=1S/C13H16N4S/c1-9-15-13(18-16-9)17(12-6-7-12)8-10-2-4-11(14)5-3-10/h2-5,12H,6-8,14H2,1H3. The van der Waals surface area contributed by atoms with Crippen LogP contribution in [0.1, 0.15) is 24.2 Å². The fourth-order valence-corrected chi connectivity index (χ4v) is 2.71. The van der Waals surface area contributed by atoms with Gasteiger partial charge in [-0.2, -0.15) is 4.37 Å². The maximum Gasteiger partial charge on any atom is 0.205 e. The van der Waals surface area contributed by atoms with E-state index in [9.17, 15) is 0 Å². The number of benzene rings is 1. The molecule has 4 nitrogen and oxygen atoms in total. The molecule has 0 bridgehead atoms. The molecule has 0 amide bonds. The van der Waals surface area contributed by atoms with Crippen LogP contribution >= 0.6 is 11.5 Å². The zero-order valence-electron chi connectivity index (χ0n) is 10.3. The van der Waals surface area contributed by atoms with E-state index >= 15 is 0 Å². The molecule has 2 N–H and O–H groups in total. The minimum absolute atomic E-state index is 0.634. The van der Waals surface area contributed by atoms with Gasteiger partial charge in [0.15, 0.2) is 0 Å². The third-order valence-corrected chi connectivity index (χ3v) is 3.93. The molecule has 0 spiro atoms. The van der Waals surface area contributed by atoms with E-state index in [0.717, 1.165) is 23.2 Å². The summed E-state index contributed by atoms with van der Waals surface area (Å²) in [4.78, 5) is 6.85. The number of nitrogen functional groups attached to an aromatic ring is 1. The summed E-state index contributed by atoms with van der Waals surface area (Å²) < 4.78 is 4.27. The van der Waals surface area contributed by atoms with Gasteiger partial charge in [0.1, 0.15) is 5.82 Å². The van der Waals surface area contributed by atoms with Gasteiger partial charge in [-0.3, -0.25) is 0 Å². The van der Waals surface area contributed by atoms with Gasteiger partial charge < -0.3 is 10.6 Å². The number of rotatable bonds is 4. The molecule has 1 fully saturated rings. The van der Waals surface area contributed by atoms with Crippen molar-refractivity contribution in [3.05, 3.63) is 35.7 Å². The fraction of sp³-hybridized carbons (Fsp3) is 0.385. The number of nitrogens with zero attached hydrogens (tertiary/aromatic N) is 3. The number of aromatic nitrogens is 2. The molecular weight excluding hydrogens is 244 g/mol. The minimum atomic E-state index is 0.634. The summed E-state index contributed by atoms with van der Waals surface area (Å²) >= 11 is 1.49. The van der Waals surface area contributed by atoms with Crippen LogP contribution in [-0.2, 0) is 6.54 Å². The van der Waals surface area contributed by atoms with Crippen molar-refractivity contribution in [2.45, 2.75) is 32.4 Å². The molecule has 1 aliphatic carbocycles. The third kappa shape index (κ3) is 2.46. The first kappa shape index (κ1) is 11.5. The summed E-state index contributed by atoms with van der Waals surface area (Å²) in [7, 11) is 0. The molecule has 3 rings (SSSR count). The van der Waals surface area contributed by atoms with Gasteiger partial charge in [0.05, 0.1) is 0 Å². The molecule has 1 aliphatic rings. The Morgan fingerprint density at radius 1 is 1.33 bits per heavy atom. The molecule has 94 valence electrons. The van der Waals surface area contributed by atoms with Gasteiger partial charge in [-0.05, 0) is 37.5 Å². The van der Waals surface area contributed by atoms with Crippen LogP contribution in [0, 0.1) is 6.92 Å². The lowest BCUT2D eigenvalue weighted by Crippen LogP contribution is -2.24. The zero-order chi connectivity index (χ0) is 12.5. The molecule has 0 saturated heterocycles. The van der Waals surface area contributed by atoms with E-state index in [1.165, 1.54) is 29.9 Å². The van der Waals surface area contributed by atoms with Gasteiger partial charge in [-0.1, -0.05) is 12.1 Å². The molecule has 1 aromatic heterocycles. The van der Waals surface area contributed by atoms with Crippen LogP contribution in [0.5, 0.6) is 0 Å². The van der Waals surface area contributed by atoms with E-state index in [1.54, 1.807) is 0 Å². The summed E-state index contributed by atoms with van der Waals surface area (Å²) in [5.74, 6) is 0.859. The normalized spacial score (nSPS) is 14.7. The summed E-state index contributed by atoms with van der Waals surface area (Å²) in [5, 5.41) is 1.03. The van der Waals surface area contributed by atoms with Crippen LogP contribution in [0.4, 0.5) is 10.8 Å². The van der Waals surface area contributed by atoms with Crippen molar-refractivity contribution in [1.82, 2.24) is 9.36 Å². The van der Waals surface area contributed by atoms with E-state index in [1.807, 2.05) is 19.1 Å². The average molecular weight is 260 g/mol. The lowest BCUT2D eigenvalue weighted by atomic mass is 10.2. The highest BCUT2D eigenvalue weighted by molar-refractivity contribution is 7.09. The summed E-state index contributed by atoms with van der Waals surface area (Å²) in [5.41, 5.74) is 7.79. The van der Waals surface area contributed by atoms with Crippen LogP contribution in [0.15, 0.2) is 24.3 Å². The van der Waals surface area contributed by atoms with Crippen molar-refractivity contribution in [2.24, 2.45) is 0 Å². The van der Waals surface area contributed by atoms with E-state index in [4.69, 9.17) is 5.73 Å². The van der Waals surface area contributed by atoms with E-state index < -0.39 is 0 Å². The Morgan fingerprint density at radius 3 is 2.61 bits per heavy atom. The molecule has 5 heteroatoms. The van der Waals surface area contributed by atoms with Crippen molar-refractivity contribution in [1.29, 1.82) is 0 Å². The Morgan fingerprint density at radius 2 is 2.06 bits per heavy atom. The average Bonchev–Trinajstić information content (AvgIpc) is 3.11. The zero-order valence-corrected chi connectivity index (χ0v) is 11.2. The molecule has 0 radical (unpaired) electrons. The topological polar surface area (TPSA) is 55.0 Å². The highest BCUT2D eigenvalue weighted by atomic mass is 32.1. The van der Waals surface area contributed by atoms with Crippen molar-refractivity contribution in [3.63, 3.8) is 0 Å². The fourth-order valence-electron chi connectivity index (χ4n) is 1.96. The van der Waals surface area contributed by atoms with Crippen molar-refractivity contribution in [3.8, 4) is 0 Å². The lowest BCUT2D eigenvalue weighted by molar-refractivity contribution is 0.788. The molecule has 0 aliphatic heterocycles.